The second-order valence-corrected chi connectivity index (χ2v) is 4.58. The van der Waals surface area contributed by atoms with Gasteiger partial charge < -0.3 is 10.1 Å². The molecule has 0 aliphatic heterocycles. The highest BCUT2D eigenvalue weighted by atomic mass is 16.5. The Kier molecular flexibility index (Phi) is 4.03. The summed E-state index contributed by atoms with van der Waals surface area (Å²) < 4.78 is 5.58. The van der Waals surface area contributed by atoms with Crippen LogP contribution in [0.1, 0.15) is 44.9 Å². The number of rotatable bonds is 6. The van der Waals surface area contributed by atoms with E-state index in [-0.39, 0.29) is 6.10 Å². The highest BCUT2D eigenvalue weighted by Gasteiger charge is 2.27. The number of hydrogen-bond donors (Lipinski definition) is 1. The predicted molar refractivity (Wildman–Crippen MR) is 71.7 cm³/mol. The first-order valence-electron chi connectivity index (χ1n) is 6.48. The van der Waals surface area contributed by atoms with Crippen LogP contribution in [-0.2, 0) is 0 Å². The first-order valence-corrected chi connectivity index (χ1v) is 6.48. The minimum atomic E-state index is -0.272. The largest absolute Gasteiger partial charge is 0.461 e. The zero-order valence-corrected chi connectivity index (χ0v) is 10.9. The minimum absolute atomic E-state index is 0.272. The van der Waals surface area contributed by atoms with E-state index in [1.54, 1.807) is 0 Å². The van der Waals surface area contributed by atoms with Gasteiger partial charge in [-0.05, 0) is 26.2 Å². The number of anilines is 1. The molecule has 0 spiro atoms. The van der Waals surface area contributed by atoms with Crippen LogP contribution in [0.5, 0.6) is 5.88 Å². The fourth-order valence-corrected chi connectivity index (χ4v) is 1.59. The predicted octanol–water partition coefficient (Wildman–Crippen LogP) is 2.58. The number of terminal acetylenes is 1. The highest BCUT2D eigenvalue weighted by Crippen LogP contribution is 2.39. The lowest BCUT2D eigenvalue weighted by atomic mass is 10.3. The van der Waals surface area contributed by atoms with Crippen molar-refractivity contribution in [2.45, 2.75) is 45.1 Å². The third-order valence-electron chi connectivity index (χ3n) is 2.75. The molecule has 1 aromatic heterocycles. The molecule has 0 bridgehead atoms. The van der Waals surface area contributed by atoms with Crippen molar-refractivity contribution in [2.75, 3.05) is 11.9 Å². The summed E-state index contributed by atoms with van der Waals surface area (Å²) in [5, 5.41) is 3.27. The van der Waals surface area contributed by atoms with Gasteiger partial charge in [-0.25, -0.2) is 4.98 Å². The summed E-state index contributed by atoms with van der Waals surface area (Å²) in [5.41, 5.74) is 0. The molecule has 1 N–H and O–H groups in total. The molecule has 1 aliphatic carbocycles. The van der Waals surface area contributed by atoms with E-state index in [1.165, 1.54) is 12.8 Å². The van der Waals surface area contributed by atoms with Gasteiger partial charge in [0.15, 0.2) is 6.10 Å². The lowest BCUT2D eigenvalue weighted by Crippen LogP contribution is -2.12. The van der Waals surface area contributed by atoms with Gasteiger partial charge in [-0.2, -0.15) is 4.98 Å². The zero-order valence-electron chi connectivity index (χ0n) is 10.9. The molecule has 4 nitrogen and oxygen atoms in total. The molecule has 96 valence electrons. The van der Waals surface area contributed by atoms with Crippen LogP contribution in [0.2, 0.25) is 0 Å². The quantitative estimate of drug-likeness (QED) is 0.782. The van der Waals surface area contributed by atoms with Gasteiger partial charge in [-0.1, -0.05) is 12.8 Å². The minimum Gasteiger partial charge on any atom is -0.461 e. The topological polar surface area (TPSA) is 47.0 Å². The number of aromatic nitrogens is 2. The van der Waals surface area contributed by atoms with Crippen LogP contribution in [0.3, 0.4) is 0 Å². The summed E-state index contributed by atoms with van der Waals surface area (Å²) in [7, 11) is 0. The van der Waals surface area contributed by atoms with Crippen molar-refractivity contribution in [1.82, 2.24) is 9.97 Å². The molecule has 1 atom stereocenters. The normalized spacial score (nSPS) is 15.8. The molecule has 4 heteroatoms. The Balaban J connectivity index is 2.16. The molecule has 0 aromatic carbocycles. The van der Waals surface area contributed by atoms with Crippen molar-refractivity contribution in [3.05, 3.63) is 11.9 Å². The Morgan fingerprint density at radius 2 is 2.33 bits per heavy atom. The van der Waals surface area contributed by atoms with E-state index >= 15 is 0 Å². The maximum absolute atomic E-state index is 5.58. The van der Waals surface area contributed by atoms with E-state index in [4.69, 9.17) is 11.2 Å². The van der Waals surface area contributed by atoms with E-state index in [0.717, 1.165) is 24.6 Å². The summed E-state index contributed by atoms with van der Waals surface area (Å²) in [6, 6.07) is 1.81. The summed E-state index contributed by atoms with van der Waals surface area (Å²) in [6.45, 7) is 4.84. The molecule has 0 saturated heterocycles. The SMILES string of the molecule is C#CC(C)Oc1cc(NCCC)nc(C2CC2)n1. The van der Waals surface area contributed by atoms with Gasteiger partial charge in [-0.3, -0.25) is 0 Å². The van der Waals surface area contributed by atoms with Gasteiger partial charge >= 0.3 is 0 Å². The van der Waals surface area contributed by atoms with Crippen molar-refractivity contribution >= 4 is 5.82 Å². The van der Waals surface area contributed by atoms with Crippen molar-refractivity contribution in [3.8, 4) is 18.2 Å². The fraction of sp³-hybridized carbons (Fsp3) is 0.571. The zero-order chi connectivity index (χ0) is 13.0. The number of nitrogens with zero attached hydrogens (tertiary/aromatic N) is 2. The van der Waals surface area contributed by atoms with Crippen LogP contribution in [0.4, 0.5) is 5.82 Å². The summed E-state index contributed by atoms with van der Waals surface area (Å²) in [5.74, 6) is 5.30. The Morgan fingerprint density at radius 1 is 1.56 bits per heavy atom. The maximum atomic E-state index is 5.58. The first-order chi connectivity index (χ1) is 8.72. The van der Waals surface area contributed by atoms with E-state index < -0.39 is 0 Å². The Hall–Kier alpha value is -1.76. The number of ether oxygens (including phenoxy) is 1. The van der Waals surface area contributed by atoms with E-state index in [9.17, 15) is 0 Å². The molecule has 1 fully saturated rings. The lowest BCUT2D eigenvalue weighted by molar-refractivity contribution is 0.266. The average Bonchev–Trinajstić information content (AvgIpc) is 3.20. The third-order valence-corrected chi connectivity index (χ3v) is 2.75. The van der Waals surface area contributed by atoms with E-state index in [2.05, 4.69) is 28.1 Å². The molecule has 0 amide bonds. The Bertz CT molecular complexity index is 449. The molecule has 1 aromatic rings. The monoisotopic (exact) mass is 245 g/mol. The summed E-state index contributed by atoms with van der Waals surface area (Å²) in [4.78, 5) is 8.93. The molecule has 2 rings (SSSR count). The molecule has 18 heavy (non-hydrogen) atoms. The van der Waals surface area contributed by atoms with Crippen molar-refractivity contribution < 1.29 is 4.74 Å². The van der Waals surface area contributed by atoms with Crippen LogP contribution >= 0.6 is 0 Å². The van der Waals surface area contributed by atoms with Gasteiger partial charge in [0, 0.05) is 18.5 Å². The highest BCUT2D eigenvalue weighted by molar-refractivity contribution is 5.39. The smallest absolute Gasteiger partial charge is 0.219 e. The number of hydrogen-bond acceptors (Lipinski definition) is 4. The van der Waals surface area contributed by atoms with Gasteiger partial charge in [0.05, 0.1) is 0 Å². The van der Waals surface area contributed by atoms with Crippen LogP contribution in [-0.4, -0.2) is 22.6 Å². The second kappa shape index (κ2) is 5.72. The summed E-state index contributed by atoms with van der Waals surface area (Å²) in [6.07, 6.45) is 8.43. The molecule has 1 aliphatic rings. The lowest BCUT2D eigenvalue weighted by Gasteiger charge is -2.11. The average molecular weight is 245 g/mol. The number of nitrogens with one attached hydrogen (secondary N) is 1. The molecular weight excluding hydrogens is 226 g/mol. The van der Waals surface area contributed by atoms with Crippen molar-refractivity contribution in [1.29, 1.82) is 0 Å². The van der Waals surface area contributed by atoms with Gasteiger partial charge in [0.25, 0.3) is 0 Å². The molecular formula is C14H19N3O. The molecule has 1 heterocycles. The van der Waals surface area contributed by atoms with Gasteiger partial charge in [0.2, 0.25) is 5.88 Å². The fourth-order valence-electron chi connectivity index (χ4n) is 1.59. The first kappa shape index (κ1) is 12.7. The van der Waals surface area contributed by atoms with Crippen molar-refractivity contribution in [2.24, 2.45) is 0 Å². The third kappa shape index (κ3) is 3.36. The van der Waals surface area contributed by atoms with Crippen LogP contribution in [0, 0.1) is 12.3 Å². The molecule has 0 radical (unpaired) electrons. The molecule has 1 unspecified atom stereocenters. The van der Waals surface area contributed by atoms with Crippen LogP contribution in [0.15, 0.2) is 6.07 Å². The van der Waals surface area contributed by atoms with Gasteiger partial charge in [-0.15, -0.1) is 6.42 Å². The maximum Gasteiger partial charge on any atom is 0.219 e. The van der Waals surface area contributed by atoms with Gasteiger partial charge in [0.1, 0.15) is 11.6 Å². The van der Waals surface area contributed by atoms with Crippen LogP contribution < -0.4 is 10.1 Å². The Labute approximate surface area is 108 Å². The standard InChI is InChI=1S/C14H19N3O/c1-4-8-15-12-9-13(18-10(3)5-2)17-14(16-12)11-6-7-11/h2,9-11H,4,6-8H2,1,3H3,(H,15,16,17). The Morgan fingerprint density at radius 3 is 2.94 bits per heavy atom. The van der Waals surface area contributed by atoms with Crippen molar-refractivity contribution in [3.63, 3.8) is 0 Å². The summed E-state index contributed by atoms with van der Waals surface area (Å²) >= 11 is 0. The molecule has 1 saturated carbocycles. The van der Waals surface area contributed by atoms with E-state index in [1.807, 2.05) is 13.0 Å². The van der Waals surface area contributed by atoms with E-state index in [0.29, 0.717) is 11.8 Å². The van der Waals surface area contributed by atoms with Crippen LogP contribution in [0.25, 0.3) is 0 Å². The second-order valence-electron chi connectivity index (χ2n) is 4.58.